The molecule has 0 saturated carbocycles. The lowest BCUT2D eigenvalue weighted by molar-refractivity contribution is 0.407. The summed E-state index contributed by atoms with van der Waals surface area (Å²) >= 11 is 3.40. The van der Waals surface area contributed by atoms with E-state index in [-0.39, 0.29) is 0 Å². The summed E-state index contributed by atoms with van der Waals surface area (Å²) in [4.78, 5) is 0. The SMILES string of the molecule is COc1ccc(Br)cc1CNCc1ccc(F)cc1F. The maximum atomic E-state index is 13.5. The van der Waals surface area contributed by atoms with Crippen LogP contribution in [0.25, 0.3) is 0 Å². The number of nitrogens with one attached hydrogen (secondary N) is 1. The summed E-state index contributed by atoms with van der Waals surface area (Å²) in [5.74, 6) is -0.348. The van der Waals surface area contributed by atoms with Crippen molar-refractivity contribution in [2.75, 3.05) is 7.11 Å². The van der Waals surface area contributed by atoms with Crippen LogP contribution in [0.5, 0.6) is 5.75 Å². The third-order valence-corrected chi connectivity index (χ3v) is 3.38. The Hall–Kier alpha value is -1.46. The Kier molecular flexibility index (Phi) is 5.09. The standard InChI is InChI=1S/C15H14BrF2NO/c1-20-15-5-3-12(16)6-11(15)9-19-8-10-2-4-13(17)7-14(10)18/h2-7,19H,8-9H2,1H3. The molecule has 0 radical (unpaired) electrons. The van der Waals surface area contributed by atoms with Crippen LogP contribution < -0.4 is 10.1 Å². The molecular formula is C15H14BrF2NO. The quantitative estimate of drug-likeness (QED) is 0.886. The van der Waals surface area contributed by atoms with Crippen molar-refractivity contribution >= 4 is 15.9 Å². The van der Waals surface area contributed by atoms with Gasteiger partial charge in [-0.05, 0) is 24.3 Å². The maximum absolute atomic E-state index is 13.5. The molecule has 106 valence electrons. The first-order valence-corrected chi connectivity index (χ1v) is 6.86. The van der Waals surface area contributed by atoms with E-state index in [1.54, 1.807) is 7.11 Å². The van der Waals surface area contributed by atoms with Crippen molar-refractivity contribution in [1.29, 1.82) is 0 Å². The van der Waals surface area contributed by atoms with Gasteiger partial charge in [-0.2, -0.15) is 0 Å². The predicted octanol–water partition coefficient (Wildman–Crippen LogP) is 4.03. The molecule has 1 N–H and O–H groups in total. The number of ether oxygens (including phenoxy) is 1. The van der Waals surface area contributed by atoms with Crippen LogP contribution in [0.1, 0.15) is 11.1 Å². The monoisotopic (exact) mass is 341 g/mol. The Morgan fingerprint density at radius 1 is 1.05 bits per heavy atom. The van der Waals surface area contributed by atoms with Crippen LogP contribution in [0.4, 0.5) is 8.78 Å². The molecule has 0 aliphatic heterocycles. The molecule has 0 aliphatic carbocycles. The zero-order valence-electron chi connectivity index (χ0n) is 10.9. The molecule has 0 aromatic heterocycles. The third kappa shape index (κ3) is 3.77. The second kappa shape index (κ2) is 6.81. The number of hydrogen-bond acceptors (Lipinski definition) is 2. The first-order valence-electron chi connectivity index (χ1n) is 6.07. The van der Waals surface area contributed by atoms with Gasteiger partial charge in [0.25, 0.3) is 0 Å². The molecule has 20 heavy (non-hydrogen) atoms. The first-order chi connectivity index (χ1) is 9.60. The van der Waals surface area contributed by atoms with Crippen molar-refractivity contribution in [3.05, 3.63) is 63.6 Å². The van der Waals surface area contributed by atoms with Crippen molar-refractivity contribution in [3.8, 4) is 5.75 Å². The fraction of sp³-hybridized carbons (Fsp3) is 0.200. The zero-order valence-corrected chi connectivity index (χ0v) is 12.5. The minimum atomic E-state index is -0.570. The third-order valence-electron chi connectivity index (χ3n) is 2.89. The van der Waals surface area contributed by atoms with Crippen molar-refractivity contribution < 1.29 is 13.5 Å². The van der Waals surface area contributed by atoms with E-state index in [2.05, 4.69) is 21.2 Å². The van der Waals surface area contributed by atoms with Gasteiger partial charge in [0.15, 0.2) is 0 Å². The Labute approximate surface area is 124 Å². The average Bonchev–Trinajstić information content (AvgIpc) is 2.41. The predicted molar refractivity (Wildman–Crippen MR) is 77.6 cm³/mol. The van der Waals surface area contributed by atoms with Crippen molar-refractivity contribution in [1.82, 2.24) is 5.32 Å². The van der Waals surface area contributed by atoms with Crippen LogP contribution in [0.3, 0.4) is 0 Å². The lowest BCUT2D eigenvalue weighted by atomic mass is 10.1. The molecule has 0 unspecified atom stereocenters. The van der Waals surface area contributed by atoms with Gasteiger partial charge in [0.05, 0.1) is 7.11 Å². The van der Waals surface area contributed by atoms with Crippen LogP contribution in [0.15, 0.2) is 40.9 Å². The molecule has 2 rings (SSSR count). The van der Waals surface area contributed by atoms with Crippen LogP contribution >= 0.6 is 15.9 Å². The highest BCUT2D eigenvalue weighted by molar-refractivity contribution is 9.10. The zero-order chi connectivity index (χ0) is 14.5. The summed E-state index contributed by atoms with van der Waals surface area (Å²) in [5, 5.41) is 3.12. The number of methoxy groups -OCH3 is 1. The first kappa shape index (κ1) is 14.9. The highest BCUT2D eigenvalue weighted by Gasteiger charge is 2.06. The van der Waals surface area contributed by atoms with Gasteiger partial charge < -0.3 is 10.1 Å². The van der Waals surface area contributed by atoms with Gasteiger partial charge in [0.1, 0.15) is 17.4 Å². The van der Waals surface area contributed by atoms with Crippen molar-refractivity contribution in [2.45, 2.75) is 13.1 Å². The summed E-state index contributed by atoms with van der Waals surface area (Å²) in [6, 6.07) is 9.26. The van der Waals surface area contributed by atoms with Gasteiger partial charge in [-0.25, -0.2) is 8.78 Å². The summed E-state index contributed by atoms with van der Waals surface area (Å²) in [6.07, 6.45) is 0. The topological polar surface area (TPSA) is 21.3 Å². The Morgan fingerprint density at radius 2 is 1.80 bits per heavy atom. The van der Waals surface area contributed by atoms with E-state index in [0.29, 0.717) is 18.7 Å². The summed E-state index contributed by atoms with van der Waals surface area (Å²) < 4.78 is 32.5. The summed E-state index contributed by atoms with van der Waals surface area (Å²) in [5.41, 5.74) is 1.39. The normalized spacial score (nSPS) is 10.6. The van der Waals surface area contributed by atoms with E-state index in [4.69, 9.17) is 4.74 Å². The van der Waals surface area contributed by atoms with Gasteiger partial charge in [-0.1, -0.05) is 22.0 Å². The minimum Gasteiger partial charge on any atom is -0.496 e. The molecule has 0 saturated heterocycles. The second-order valence-corrected chi connectivity index (χ2v) is 5.21. The largest absolute Gasteiger partial charge is 0.496 e. The highest BCUT2D eigenvalue weighted by Crippen LogP contribution is 2.22. The Bertz CT molecular complexity index is 604. The van der Waals surface area contributed by atoms with Crippen LogP contribution in [-0.4, -0.2) is 7.11 Å². The Balaban J connectivity index is 2.01. The fourth-order valence-corrected chi connectivity index (χ4v) is 2.29. The van der Waals surface area contributed by atoms with E-state index in [1.807, 2.05) is 18.2 Å². The van der Waals surface area contributed by atoms with Gasteiger partial charge in [-0.15, -0.1) is 0 Å². The second-order valence-electron chi connectivity index (χ2n) is 4.30. The van der Waals surface area contributed by atoms with E-state index in [1.165, 1.54) is 12.1 Å². The number of rotatable bonds is 5. The molecule has 0 spiro atoms. The van der Waals surface area contributed by atoms with Gasteiger partial charge in [-0.3, -0.25) is 0 Å². The average molecular weight is 342 g/mol. The smallest absolute Gasteiger partial charge is 0.130 e. The van der Waals surface area contributed by atoms with Crippen LogP contribution in [0.2, 0.25) is 0 Å². The van der Waals surface area contributed by atoms with Gasteiger partial charge >= 0.3 is 0 Å². The van der Waals surface area contributed by atoms with Crippen molar-refractivity contribution in [2.24, 2.45) is 0 Å². The van der Waals surface area contributed by atoms with E-state index >= 15 is 0 Å². The summed E-state index contributed by atoms with van der Waals surface area (Å²) in [7, 11) is 1.60. The molecule has 0 amide bonds. The molecule has 2 nitrogen and oxygen atoms in total. The minimum absolute atomic E-state index is 0.321. The molecule has 2 aromatic carbocycles. The lowest BCUT2D eigenvalue weighted by Crippen LogP contribution is -2.14. The number of benzene rings is 2. The van der Waals surface area contributed by atoms with Crippen LogP contribution in [-0.2, 0) is 13.1 Å². The Morgan fingerprint density at radius 3 is 2.50 bits per heavy atom. The molecule has 5 heteroatoms. The fourth-order valence-electron chi connectivity index (χ4n) is 1.88. The van der Waals surface area contributed by atoms with Crippen LogP contribution in [0, 0.1) is 11.6 Å². The summed E-state index contributed by atoms with van der Waals surface area (Å²) in [6.45, 7) is 0.848. The van der Waals surface area contributed by atoms with Crippen molar-refractivity contribution in [3.63, 3.8) is 0 Å². The van der Waals surface area contributed by atoms with E-state index in [9.17, 15) is 8.78 Å². The number of halogens is 3. The molecule has 0 bridgehead atoms. The number of hydrogen-bond donors (Lipinski definition) is 1. The molecule has 0 heterocycles. The molecular weight excluding hydrogens is 328 g/mol. The molecule has 0 fully saturated rings. The van der Waals surface area contributed by atoms with E-state index < -0.39 is 11.6 Å². The molecule has 0 atom stereocenters. The maximum Gasteiger partial charge on any atom is 0.130 e. The molecule has 2 aromatic rings. The van der Waals surface area contributed by atoms with E-state index in [0.717, 1.165) is 21.9 Å². The van der Waals surface area contributed by atoms with Gasteiger partial charge in [0.2, 0.25) is 0 Å². The van der Waals surface area contributed by atoms with Gasteiger partial charge in [0, 0.05) is 34.8 Å². The highest BCUT2D eigenvalue weighted by atomic mass is 79.9. The molecule has 0 aliphatic rings. The lowest BCUT2D eigenvalue weighted by Gasteiger charge is -2.10.